The molecule has 2 heterocycles. The van der Waals surface area contributed by atoms with Crippen LogP contribution in [0, 0.1) is 0 Å². The third-order valence-electron chi connectivity index (χ3n) is 3.59. The van der Waals surface area contributed by atoms with Gasteiger partial charge >= 0.3 is 0 Å². The van der Waals surface area contributed by atoms with Crippen LogP contribution in [0.3, 0.4) is 0 Å². The number of piperidine rings is 1. The van der Waals surface area contributed by atoms with Crippen molar-refractivity contribution in [1.29, 1.82) is 0 Å². The average molecular weight is 243 g/mol. The highest BCUT2D eigenvalue weighted by Gasteiger charge is 2.13. The van der Waals surface area contributed by atoms with E-state index in [1.54, 1.807) is 6.07 Å². The van der Waals surface area contributed by atoms with Gasteiger partial charge in [-0.1, -0.05) is 0 Å². The fourth-order valence-corrected chi connectivity index (χ4v) is 2.62. The standard InChI is InChI=1S/C14H17N3O/c15-14(18)12-4-5-13-11(10-12)6-9-17(13)16-7-2-1-3-8-16/h4-6,9-10H,1-3,7-8H2,(H2,15,18). The van der Waals surface area contributed by atoms with E-state index in [9.17, 15) is 4.79 Å². The highest BCUT2D eigenvalue weighted by Crippen LogP contribution is 2.19. The molecule has 0 bridgehead atoms. The van der Waals surface area contributed by atoms with Crippen LogP contribution in [-0.4, -0.2) is 23.7 Å². The number of primary amides is 1. The molecule has 18 heavy (non-hydrogen) atoms. The van der Waals surface area contributed by atoms with Gasteiger partial charge < -0.3 is 10.7 Å². The van der Waals surface area contributed by atoms with E-state index in [0.717, 1.165) is 24.0 Å². The number of hydrogen-bond acceptors (Lipinski definition) is 2. The maximum Gasteiger partial charge on any atom is 0.248 e. The Morgan fingerprint density at radius 1 is 1.11 bits per heavy atom. The average Bonchev–Trinajstić information content (AvgIpc) is 2.82. The first kappa shape index (κ1) is 11.1. The van der Waals surface area contributed by atoms with Gasteiger partial charge in [0.05, 0.1) is 5.52 Å². The summed E-state index contributed by atoms with van der Waals surface area (Å²) in [5, 5.41) is 3.42. The molecule has 1 fully saturated rings. The Balaban J connectivity index is 2.01. The molecule has 0 aliphatic carbocycles. The zero-order valence-corrected chi connectivity index (χ0v) is 10.3. The fraction of sp³-hybridized carbons (Fsp3) is 0.357. The minimum atomic E-state index is -0.373. The van der Waals surface area contributed by atoms with Crippen molar-refractivity contribution >= 4 is 16.8 Å². The van der Waals surface area contributed by atoms with Crippen LogP contribution >= 0.6 is 0 Å². The number of aromatic nitrogens is 1. The van der Waals surface area contributed by atoms with E-state index in [2.05, 4.69) is 15.9 Å². The zero-order chi connectivity index (χ0) is 12.5. The van der Waals surface area contributed by atoms with Crippen molar-refractivity contribution in [1.82, 2.24) is 4.68 Å². The van der Waals surface area contributed by atoms with Crippen LogP contribution in [0.5, 0.6) is 0 Å². The zero-order valence-electron chi connectivity index (χ0n) is 10.3. The van der Waals surface area contributed by atoms with E-state index in [-0.39, 0.29) is 5.91 Å². The molecular formula is C14H17N3O. The molecular weight excluding hydrogens is 226 g/mol. The van der Waals surface area contributed by atoms with Crippen LogP contribution in [0.25, 0.3) is 10.9 Å². The van der Waals surface area contributed by atoms with Crippen molar-refractivity contribution in [3.63, 3.8) is 0 Å². The van der Waals surface area contributed by atoms with E-state index in [4.69, 9.17) is 5.73 Å². The SMILES string of the molecule is NC(=O)c1ccc2c(ccn2N2CCCCC2)c1. The minimum absolute atomic E-state index is 0.373. The van der Waals surface area contributed by atoms with Crippen molar-refractivity contribution in [2.45, 2.75) is 19.3 Å². The van der Waals surface area contributed by atoms with Gasteiger partial charge in [-0.25, -0.2) is 0 Å². The van der Waals surface area contributed by atoms with Gasteiger partial charge in [0.1, 0.15) is 0 Å². The molecule has 1 amide bonds. The predicted molar refractivity (Wildman–Crippen MR) is 72.3 cm³/mol. The summed E-state index contributed by atoms with van der Waals surface area (Å²) in [5.74, 6) is -0.373. The first-order valence-electron chi connectivity index (χ1n) is 6.42. The van der Waals surface area contributed by atoms with Crippen LogP contribution in [0.4, 0.5) is 0 Å². The van der Waals surface area contributed by atoms with E-state index in [0.29, 0.717) is 5.56 Å². The van der Waals surface area contributed by atoms with Gasteiger partial charge in [0, 0.05) is 30.2 Å². The lowest BCUT2D eigenvalue weighted by molar-refractivity contribution is 0.100. The maximum atomic E-state index is 11.2. The number of carbonyl (C=O) groups excluding carboxylic acids is 1. The molecule has 1 aliphatic rings. The first-order chi connectivity index (χ1) is 8.75. The molecule has 0 unspecified atom stereocenters. The largest absolute Gasteiger partial charge is 0.366 e. The Hall–Kier alpha value is -1.97. The summed E-state index contributed by atoms with van der Waals surface area (Å²) in [7, 11) is 0. The van der Waals surface area contributed by atoms with Crippen molar-refractivity contribution in [3.05, 3.63) is 36.0 Å². The molecule has 0 saturated carbocycles. The Morgan fingerprint density at radius 2 is 1.89 bits per heavy atom. The van der Waals surface area contributed by atoms with Gasteiger partial charge in [-0.15, -0.1) is 0 Å². The number of nitrogens with two attached hydrogens (primary N) is 1. The van der Waals surface area contributed by atoms with Gasteiger partial charge in [-0.3, -0.25) is 9.47 Å². The summed E-state index contributed by atoms with van der Waals surface area (Å²) in [6.45, 7) is 2.20. The molecule has 2 aromatic rings. The summed E-state index contributed by atoms with van der Waals surface area (Å²) in [4.78, 5) is 11.2. The van der Waals surface area contributed by atoms with Gasteiger partial charge in [0.25, 0.3) is 0 Å². The number of benzene rings is 1. The van der Waals surface area contributed by atoms with Crippen molar-refractivity contribution in [2.75, 3.05) is 18.1 Å². The van der Waals surface area contributed by atoms with E-state index < -0.39 is 0 Å². The van der Waals surface area contributed by atoms with E-state index in [1.807, 2.05) is 18.2 Å². The highest BCUT2D eigenvalue weighted by atomic mass is 16.1. The molecule has 1 aromatic heterocycles. The van der Waals surface area contributed by atoms with Crippen molar-refractivity contribution < 1.29 is 4.79 Å². The Labute approximate surface area is 106 Å². The Bertz CT molecular complexity index is 582. The first-order valence-corrected chi connectivity index (χ1v) is 6.42. The third kappa shape index (κ3) is 1.83. The Morgan fingerprint density at radius 3 is 2.61 bits per heavy atom. The lowest BCUT2D eigenvalue weighted by atomic mass is 10.1. The van der Waals surface area contributed by atoms with Gasteiger partial charge in [0.2, 0.25) is 5.91 Å². The van der Waals surface area contributed by atoms with Gasteiger partial charge in [-0.05, 0) is 43.5 Å². The monoisotopic (exact) mass is 243 g/mol. The topological polar surface area (TPSA) is 51.3 Å². The molecule has 0 atom stereocenters. The van der Waals surface area contributed by atoms with Crippen LogP contribution in [0.15, 0.2) is 30.5 Å². The summed E-state index contributed by atoms with van der Waals surface area (Å²) in [5.41, 5.74) is 7.01. The number of rotatable bonds is 2. The lowest BCUT2D eigenvalue weighted by Gasteiger charge is -2.30. The minimum Gasteiger partial charge on any atom is -0.366 e. The highest BCUT2D eigenvalue weighted by molar-refractivity contribution is 5.97. The van der Waals surface area contributed by atoms with Crippen LogP contribution < -0.4 is 10.7 Å². The van der Waals surface area contributed by atoms with Crippen molar-refractivity contribution in [3.8, 4) is 0 Å². The number of amides is 1. The predicted octanol–water partition coefficient (Wildman–Crippen LogP) is 1.86. The van der Waals surface area contributed by atoms with E-state index in [1.165, 1.54) is 19.3 Å². The third-order valence-corrected chi connectivity index (χ3v) is 3.59. The molecule has 1 aliphatic heterocycles. The number of fused-ring (bicyclic) bond motifs is 1. The second kappa shape index (κ2) is 4.37. The molecule has 0 spiro atoms. The molecule has 2 N–H and O–H groups in total. The molecule has 94 valence electrons. The molecule has 4 nitrogen and oxygen atoms in total. The van der Waals surface area contributed by atoms with Crippen LogP contribution in [0.1, 0.15) is 29.6 Å². The quantitative estimate of drug-likeness (QED) is 0.875. The maximum absolute atomic E-state index is 11.2. The number of hydrogen-bond donors (Lipinski definition) is 1. The summed E-state index contributed by atoms with van der Waals surface area (Å²) in [6.07, 6.45) is 5.89. The second-order valence-electron chi connectivity index (χ2n) is 4.81. The van der Waals surface area contributed by atoms with Crippen LogP contribution in [-0.2, 0) is 0 Å². The van der Waals surface area contributed by atoms with E-state index >= 15 is 0 Å². The molecule has 0 radical (unpaired) electrons. The lowest BCUT2D eigenvalue weighted by Crippen LogP contribution is -2.38. The molecule has 3 rings (SSSR count). The Kier molecular flexibility index (Phi) is 2.70. The fourth-order valence-electron chi connectivity index (χ4n) is 2.62. The van der Waals surface area contributed by atoms with Crippen molar-refractivity contribution in [2.24, 2.45) is 5.73 Å². The summed E-state index contributed by atoms with van der Waals surface area (Å²) >= 11 is 0. The molecule has 1 aromatic carbocycles. The number of nitrogens with zero attached hydrogens (tertiary/aromatic N) is 2. The second-order valence-corrected chi connectivity index (χ2v) is 4.81. The smallest absolute Gasteiger partial charge is 0.248 e. The summed E-state index contributed by atoms with van der Waals surface area (Å²) in [6, 6.07) is 7.67. The molecule has 1 saturated heterocycles. The summed E-state index contributed by atoms with van der Waals surface area (Å²) < 4.78 is 2.19. The molecule has 4 heteroatoms. The van der Waals surface area contributed by atoms with Crippen LogP contribution in [0.2, 0.25) is 0 Å². The van der Waals surface area contributed by atoms with Gasteiger partial charge in [0.15, 0.2) is 0 Å². The number of carbonyl (C=O) groups is 1. The van der Waals surface area contributed by atoms with Gasteiger partial charge in [-0.2, -0.15) is 0 Å². The normalized spacial score (nSPS) is 16.1.